The van der Waals surface area contributed by atoms with Gasteiger partial charge in [-0.2, -0.15) is 0 Å². The minimum absolute atomic E-state index is 0.00768. The molecule has 2 atom stereocenters. The predicted molar refractivity (Wildman–Crippen MR) is 132 cm³/mol. The Morgan fingerprint density at radius 2 is 1.91 bits per heavy atom. The molecule has 1 N–H and O–H groups in total. The summed E-state index contributed by atoms with van der Waals surface area (Å²) in [6, 6.07) is 1.47. The van der Waals surface area contributed by atoms with Gasteiger partial charge in [-0.05, 0) is 65.2 Å². The molecule has 5 heteroatoms. The standard InChI is InChI=1S/C28H40O5/c1-18(11-14-23-25(30)17-21(4)32-27(23)31)9-8-10-19(2)12-15-24-20(3)13-16-26(28(24,6)7)33-22(5)29/h10-11,17,24,26,30H,3,8-9,12-16H2,1-2,4-7H3/b18-11+,19-10-/t24-,26+/m1/s1. The summed E-state index contributed by atoms with van der Waals surface area (Å²) in [5, 5.41) is 9.99. The molecule has 1 aromatic rings. The van der Waals surface area contributed by atoms with Gasteiger partial charge in [0.15, 0.2) is 0 Å². The molecule has 1 fully saturated rings. The highest BCUT2D eigenvalue weighted by atomic mass is 16.5. The summed E-state index contributed by atoms with van der Waals surface area (Å²) in [5.41, 5.74) is 3.49. The van der Waals surface area contributed by atoms with E-state index in [9.17, 15) is 14.7 Å². The van der Waals surface area contributed by atoms with E-state index in [4.69, 9.17) is 9.15 Å². The fourth-order valence-corrected chi connectivity index (χ4v) is 4.81. The van der Waals surface area contributed by atoms with Crippen molar-refractivity contribution in [3.63, 3.8) is 0 Å². The van der Waals surface area contributed by atoms with Crippen LogP contribution in [0.5, 0.6) is 5.75 Å². The van der Waals surface area contributed by atoms with Crippen LogP contribution in [0, 0.1) is 18.3 Å². The maximum absolute atomic E-state index is 11.9. The lowest BCUT2D eigenvalue weighted by atomic mass is 9.63. The van der Waals surface area contributed by atoms with E-state index in [0.717, 1.165) is 38.5 Å². The maximum atomic E-state index is 11.9. The maximum Gasteiger partial charge on any atom is 0.343 e. The Balaban J connectivity index is 1.88. The molecule has 5 nitrogen and oxygen atoms in total. The van der Waals surface area contributed by atoms with E-state index in [0.29, 0.717) is 23.7 Å². The van der Waals surface area contributed by atoms with Gasteiger partial charge in [0.25, 0.3) is 0 Å². The van der Waals surface area contributed by atoms with Crippen LogP contribution in [0.1, 0.15) is 84.5 Å². The van der Waals surface area contributed by atoms with Crippen molar-refractivity contribution in [3.05, 3.63) is 63.3 Å². The van der Waals surface area contributed by atoms with Crippen LogP contribution in [-0.4, -0.2) is 17.2 Å². The molecule has 182 valence electrons. The topological polar surface area (TPSA) is 76.7 Å². The van der Waals surface area contributed by atoms with E-state index in [1.165, 1.54) is 29.7 Å². The lowest BCUT2D eigenvalue weighted by Crippen LogP contribution is -2.43. The van der Waals surface area contributed by atoms with Crippen LogP contribution < -0.4 is 5.63 Å². The molecule has 0 spiro atoms. The van der Waals surface area contributed by atoms with E-state index in [-0.39, 0.29) is 23.2 Å². The molecule has 1 aliphatic rings. The molecule has 0 saturated heterocycles. The minimum Gasteiger partial charge on any atom is -0.507 e. The van der Waals surface area contributed by atoms with Crippen LogP contribution in [0.4, 0.5) is 0 Å². The second-order valence-corrected chi connectivity index (χ2v) is 10.1. The van der Waals surface area contributed by atoms with Crippen LogP contribution in [-0.2, 0) is 16.0 Å². The van der Waals surface area contributed by atoms with Crippen molar-refractivity contribution >= 4 is 5.97 Å². The zero-order valence-corrected chi connectivity index (χ0v) is 21.1. The second-order valence-electron chi connectivity index (χ2n) is 10.1. The quantitative estimate of drug-likeness (QED) is 0.336. The number of aryl methyl sites for hydroxylation is 1. The SMILES string of the molecule is C=C1CC[C@H](OC(C)=O)C(C)(C)[C@@H]1CC/C(C)=C\CC/C(C)=C/Cc1c(O)cc(C)oc1=O. The molecule has 2 rings (SSSR count). The third-order valence-electron chi connectivity index (χ3n) is 6.92. The van der Waals surface area contributed by atoms with Crippen LogP contribution in [0.25, 0.3) is 0 Å². The second kappa shape index (κ2) is 11.5. The molecule has 1 heterocycles. The summed E-state index contributed by atoms with van der Waals surface area (Å²) < 4.78 is 10.7. The van der Waals surface area contributed by atoms with Crippen molar-refractivity contribution in [2.24, 2.45) is 11.3 Å². The number of hydrogen-bond donors (Lipinski definition) is 1. The van der Waals surface area contributed by atoms with E-state index in [2.05, 4.69) is 33.4 Å². The number of rotatable bonds is 9. The first kappa shape index (κ1) is 26.7. The van der Waals surface area contributed by atoms with Gasteiger partial charge < -0.3 is 14.3 Å². The Kier molecular flexibility index (Phi) is 9.33. The number of hydrogen-bond acceptors (Lipinski definition) is 5. The fourth-order valence-electron chi connectivity index (χ4n) is 4.81. The summed E-state index contributed by atoms with van der Waals surface area (Å²) in [6.07, 6.45) is 10.1. The largest absolute Gasteiger partial charge is 0.507 e. The Bertz CT molecular complexity index is 976. The van der Waals surface area contributed by atoms with Crippen molar-refractivity contribution in [1.29, 1.82) is 0 Å². The molecular weight excluding hydrogens is 416 g/mol. The van der Waals surface area contributed by atoms with E-state index < -0.39 is 5.63 Å². The lowest BCUT2D eigenvalue weighted by Gasteiger charge is -2.45. The van der Waals surface area contributed by atoms with Gasteiger partial charge in [0.1, 0.15) is 17.6 Å². The highest BCUT2D eigenvalue weighted by Gasteiger charge is 2.43. The summed E-state index contributed by atoms with van der Waals surface area (Å²) in [5.74, 6) is 0.517. The Morgan fingerprint density at radius 1 is 1.24 bits per heavy atom. The molecule has 0 radical (unpaired) electrons. The Morgan fingerprint density at radius 3 is 2.55 bits per heavy atom. The molecule has 0 amide bonds. The average Bonchev–Trinajstić information content (AvgIpc) is 2.69. The number of carbonyl (C=O) groups excluding carboxylic acids is 1. The van der Waals surface area contributed by atoms with Gasteiger partial charge in [-0.15, -0.1) is 0 Å². The number of allylic oxidation sites excluding steroid dienone is 5. The Labute approximate surface area is 198 Å². The van der Waals surface area contributed by atoms with Crippen LogP contribution >= 0.6 is 0 Å². The molecule has 0 aliphatic heterocycles. The third kappa shape index (κ3) is 7.48. The van der Waals surface area contributed by atoms with Gasteiger partial charge in [-0.3, -0.25) is 4.79 Å². The smallest absolute Gasteiger partial charge is 0.343 e. The average molecular weight is 457 g/mol. The molecule has 33 heavy (non-hydrogen) atoms. The van der Waals surface area contributed by atoms with Crippen LogP contribution in [0.15, 0.2) is 50.7 Å². The molecule has 1 aromatic heterocycles. The third-order valence-corrected chi connectivity index (χ3v) is 6.92. The first-order valence-electron chi connectivity index (χ1n) is 11.9. The summed E-state index contributed by atoms with van der Waals surface area (Å²) in [7, 11) is 0. The molecular formula is C28H40O5. The van der Waals surface area contributed by atoms with Crippen molar-refractivity contribution in [2.45, 2.75) is 92.6 Å². The van der Waals surface area contributed by atoms with E-state index >= 15 is 0 Å². The minimum atomic E-state index is -0.476. The molecule has 1 saturated carbocycles. The monoisotopic (exact) mass is 456 g/mol. The van der Waals surface area contributed by atoms with Gasteiger partial charge in [0, 0.05) is 24.8 Å². The Hall–Kier alpha value is -2.56. The van der Waals surface area contributed by atoms with Gasteiger partial charge >= 0.3 is 11.6 Å². The number of ether oxygens (including phenoxy) is 1. The predicted octanol–water partition coefficient (Wildman–Crippen LogP) is 6.57. The first-order valence-corrected chi connectivity index (χ1v) is 11.9. The zero-order valence-electron chi connectivity index (χ0n) is 21.1. The van der Waals surface area contributed by atoms with Crippen molar-refractivity contribution in [2.75, 3.05) is 0 Å². The van der Waals surface area contributed by atoms with Gasteiger partial charge in [-0.25, -0.2) is 4.79 Å². The number of carbonyl (C=O) groups is 1. The molecule has 0 aromatic carbocycles. The normalized spacial score (nSPS) is 21.2. The van der Waals surface area contributed by atoms with Crippen LogP contribution in [0.3, 0.4) is 0 Å². The fraction of sp³-hybridized carbons (Fsp3) is 0.571. The summed E-state index contributed by atoms with van der Waals surface area (Å²) in [4.78, 5) is 23.4. The highest BCUT2D eigenvalue weighted by molar-refractivity contribution is 5.66. The van der Waals surface area contributed by atoms with Crippen molar-refractivity contribution < 1.29 is 19.1 Å². The van der Waals surface area contributed by atoms with E-state index in [1.54, 1.807) is 6.92 Å². The van der Waals surface area contributed by atoms with Crippen LogP contribution in [0.2, 0.25) is 0 Å². The molecule has 0 bridgehead atoms. The van der Waals surface area contributed by atoms with Gasteiger partial charge in [0.2, 0.25) is 0 Å². The van der Waals surface area contributed by atoms with Gasteiger partial charge in [0.05, 0.1) is 5.56 Å². The molecule has 0 unspecified atom stereocenters. The highest BCUT2D eigenvalue weighted by Crippen LogP contribution is 2.47. The lowest BCUT2D eigenvalue weighted by molar-refractivity contribution is -0.156. The summed E-state index contributed by atoms with van der Waals surface area (Å²) in [6.45, 7) is 16.0. The zero-order chi connectivity index (χ0) is 24.8. The molecule has 1 aliphatic carbocycles. The van der Waals surface area contributed by atoms with Gasteiger partial charge in [-0.1, -0.05) is 49.3 Å². The first-order chi connectivity index (χ1) is 15.4. The van der Waals surface area contributed by atoms with Crippen molar-refractivity contribution in [3.8, 4) is 5.75 Å². The summed E-state index contributed by atoms with van der Waals surface area (Å²) >= 11 is 0. The van der Waals surface area contributed by atoms with Crippen molar-refractivity contribution in [1.82, 2.24) is 0 Å². The number of esters is 1. The number of aromatic hydroxyl groups is 1. The van der Waals surface area contributed by atoms with E-state index in [1.807, 2.05) is 13.0 Å².